The molecule has 2 rings (SSSR count). The lowest BCUT2D eigenvalue weighted by Crippen LogP contribution is -1.92. The van der Waals surface area contributed by atoms with E-state index in [0.717, 1.165) is 0 Å². The predicted octanol–water partition coefficient (Wildman–Crippen LogP) is 1.59. The molecule has 0 aliphatic carbocycles. The fourth-order valence-corrected chi connectivity index (χ4v) is 0.940. The molecular formula is C8H5ClN4. The predicted molar refractivity (Wildman–Crippen MR) is 48.1 cm³/mol. The molecule has 0 unspecified atom stereocenters. The van der Waals surface area contributed by atoms with Crippen molar-refractivity contribution in [1.29, 1.82) is 0 Å². The number of nitrogens with zero attached hydrogens (tertiary/aromatic N) is 4. The molecular weight excluding hydrogens is 188 g/mol. The summed E-state index contributed by atoms with van der Waals surface area (Å²) in [5.74, 6) is 0.976. The van der Waals surface area contributed by atoms with Gasteiger partial charge in [0.15, 0.2) is 11.6 Å². The molecule has 0 aliphatic rings. The molecule has 2 aromatic rings. The number of hydrogen-bond acceptors (Lipinski definition) is 4. The van der Waals surface area contributed by atoms with E-state index in [2.05, 4.69) is 19.9 Å². The van der Waals surface area contributed by atoms with Gasteiger partial charge in [-0.1, -0.05) is 11.6 Å². The molecule has 0 N–H and O–H groups in total. The average Bonchev–Trinajstić information content (AvgIpc) is 2.20. The highest BCUT2D eigenvalue weighted by atomic mass is 35.5. The highest BCUT2D eigenvalue weighted by Gasteiger charge is 2.01. The summed E-state index contributed by atoms with van der Waals surface area (Å²) in [6.45, 7) is 0. The summed E-state index contributed by atoms with van der Waals surface area (Å²) in [6, 6.07) is 1.74. The van der Waals surface area contributed by atoms with E-state index < -0.39 is 0 Å². The third-order valence-electron chi connectivity index (χ3n) is 1.39. The Bertz CT molecular complexity index is 387. The summed E-state index contributed by atoms with van der Waals surface area (Å²) in [4.78, 5) is 16.0. The van der Waals surface area contributed by atoms with Crippen LogP contribution >= 0.6 is 11.6 Å². The number of rotatable bonds is 1. The Morgan fingerprint density at radius 1 is 0.846 bits per heavy atom. The van der Waals surface area contributed by atoms with Crippen LogP contribution in [0.15, 0.2) is 30.9 Å². The molecule has 0 radical (unpaired) electrons. The van der Waals surface area contributed by atoms with E-state index in [1.807, 2.05) is 0 Å². The van der Waals surface area contributed by atoms with E-state index in [1.165, 1.54) is 12.4 Å². The molecule has 0 saturated heterocycles. The van der Waals surface area contributed by atoms with Crippen LogP contribution in [0, 0.1) is 0 Å². The van der Waals surface area contributed by atoms with Crippen molar-refractivity contribution in [1.82, 2.24) is 19.9 Å². The summed E-state index contributed by atoms with van der Waals surface area (Å²) in [5, 5.41) is 0.500. The molecule has 0 spiro atoms. The van der Waals surface area contributed by atoms with Gasteiger partial charge in [-0.05, 0) is 6.07 Å². The van der Waals surface area contributed by atoms with Gasteiger partial charge in [0.05, 0.1) is 5.02 Å². The zero-order valence-electron chi connectivity index (χ0n) is 6.55. The van der Waals surface area contributed by atoms with Crippen LogP contribution in [0.5, 0.6) is 0 Å². The van der Waals surface area contributed by atoms with Gasteiger partial charge in [0.1, 0.15) is 0 Å². The molecule has 64 valence electrons. The van der Waals surface area contributed by atoms with Crippen molar-refractivity contribution in [2.45, 2.75) is 0 Å². The molecule has 0 saturated carbocycles. The molecule has 0 amide bonds. The average molecular weight is 193 g/mol. The maximum absolute atomic E-state index is 5.63. The Balaban J connectivity index is 2.42. The minimum Gasteiger partial charge on any atom is -0.234 e. The van der Waals surface area contributed by atoms with Crippen molar-refractivity contribution in [2.75, 3.05) is 0 Å². The fraction of sp³-hybridized carbons (Fsp3) is 0. The van der Waals surface area contributed by atoms with E-state index in [1.54, 1.807) is 18.5 Å². The van der Waals surface area contributed by atoms with Gasteiger partial charge in [-0.3, -0.25) is 0 Å². The Morgan fingerprint density at radius 3 is 2.00 bits per heavy atom. The lowest BCUT2D eigenvalue weighted by molar-refractivity contribution is 1.08. The monoisotopic (exact) mass is 192 g/mol. The molecule has 2 heterocycles. The lowest BCUT2D eigenvalue weighted by atomic mass is 10.5. The Labute approximate surface area is 79.7 Å². The largest absolute Gasteiger partial charge is 0.234 e. The third-order valence-corrected chi connectivity index (χ3v) is 1.58. The van der Waals surface area contributed by atoms with Crippen molar-refractivity contribution >= 4 is 11.6 Å². The van der Waals surface area contributed by atoms with E-state index in [4.69, 9.17) is 11.6 Å². The topological polar surface area (TPSA) is 51.6 Å². The molecule has 13 heavy (non-hydrogen) atoms. The smallest absolute Gasteiger partial charge is 0.197 e. The number of aromatic nitrogens is 4. The van der Waals surface area contributed by atoms with Gasteiger partial charge in [0.25, 0.3) is 0 Å². The second kappa shape index (κ2) is 3.45. The molecule has 0 aromatic carbocycles. The van der Waals surface area contributed by atoms with Crippen molar-refractivity contribution < 1.29 is 0 Å². The van der Waals surface area contributed by atoms with E-state index >= 15 is 0 Å². The van der Waals surface area contributed by atoms with Crippen LogP contribution in [-0.4, -0.2) is 19.9 Å². The highest BCUT2D eigenvalue weighted by molar-refractivity contribution is 6.30. The first-order valence-electron chi connectivity index (χ1n) is 3.61. The molecule has 2 aromatic heterocycles. The van der Waals surface area contributed by atoms with Crippen LogP contribution in [0.25, 0.3) is 11.6 Å². The Hall–Kier alpha value is -1.55. The molecule has 0 fully saturated rings. The summed E-state index contributed by atoms with van der Waals surface area (Å²) < 4.78 is 0. The summed E-state index contributed by atoms with van der Waals surface area (Å²) in [5.41, 5.74) is 0. The Morgan fingerprint density at radius 2 is 1.38 bits per heavy atom. The highest BCUT2D eigenvalue weighted by Crippen LogP contribution is 2.09. The normalized spacial score (nSPS) is 9.92. The van der Waals surface area contributed by atoms with Crippen molar-refractivity contribution in [3.63, 3.8) is 0 Å². The van der Waals surface area contributed by atoms with Crippen LogP contribution in [0.3, 0.4) is 0 Å². The van der Waals surface area contributed by atoms with Gasteiger partial charge in [-0.2, -0.15) is 0 Å². The van der Waals surface area contributed by atoms with Gasteiger partial charge in [-0.25, -0.2) is 19.9 Å². The molecule has 0 atom stereocenters. The van der Waals surface area contributed by atoms with Gasteiger partial charge < -0.3 is 0 Å². The first kappa shape index (κ1) is 8.07. The van der Waals surface area contributed by atoms with Crippen LogP contribution in [0.1, 0.15) is 0 Å². The minimum absolute atomic E-state index is 0.477. The van der Waals surface area contributed by atoms with Crippen LogP contribution in [0.2, 0.25) is 5.02 Å². The van der Waals surface area contributed by atoms with Gasteiger partial charge in [-0.15, -0.1) is 0 Å². The zero-order chi connectivity index (χ0) is 9.10. The molecule has 0 aliphatic heterocycles. The van der Waals surface area contributed by atoms with Crippen molar-refractivity contribution in [3.05, 3.63) is 35.9 Å². The maximum atomic E-state index is 5.63. The lowest BCUT2D eigenvalue weighted by Gasteiger charge is -1.95. The molecule has 0 bridgehead atoms. The second-order valence-corrected chi connectivity index (χ2v) is 2.73. The van der Waals surface area contributed by atoms with Crippen LogP contribution in [-0.2, 0) is 0 Å². The third kappa shape index (κ3) is 1.78. The van der Waals surface area contributed by atoms with E-state index in [-0.39, 0.29) is 0 Å². The Kier molecular flexibility index (Phi) is 2.14. The van der Waals surface area contributed by atoms with Crippen molar-refractivity contribution in [3.8, 4) is 11.6 Å². The van der Waals surface area contributed by atoms with E-state index in [0.29, 0.717) is 16.7 Å². The fourth-order valence-electron chi connectivity index (χ4n) is 0.842. The van der Waals surface area contributed by atoms with Gasteiger partial charge in [0, 0.05) is 24.8 Å². The first-order valence-corrected chi connectivity index (χ1v) is 3.99. The van der Waals surface area contributed by atoms with Crippen LogP contribution < -0.4 is 0 Å². The minimum atomic E-state index is 0.477. The van der Waals surface area contributed by atoms with Gasteiger partial charge in [0.2, 0.25) is 0 Å². The quantitative estimate of drug-likeness (QED) is 0.689. The number of halogens is 1. The molecule has 4 nitrogen and oxygen atoms in total. The van der Waals surface area contributed by atoms with Crippen molar-refractivity contribution in [2.24, 2.45) is 0 Å². The maximum Gasteiger partial charge on any atom is 0.197 e. The second-order valence-electron chi connectivity index (χ2n) is 2.30. The number of hydrogen-bond donors (Lipinski definition) is 0. The summed E-state index contributed by atoms with van der Waals surface area (Å²) in [7, 11) is 0. The van der Waals surface area contributed by atoms with Gasteiger partial charge >= 0.3 is 0 Å². The standard InChI is InChI=1S/C8H5ClN4/c9-6-4-12-8(13-5-6)7-10-2-1-3-11-7/h1-5H. The summed E-state index contributed by atoms with van der Waals surface area (Å²) >= 11 is 5.63. The van der Waals surface area contributed by atoms with Crippen LogP contribution in [0.4, 0.5) is 0 Å². The first-order chi connectivity index (χ1) is 6.36. The zero-order valence-corrected chi connectivity index (χ0v) is 7.31. The molecule has 5 heteroatoms. The SMILES string of the molecule is Clc1cnc(-c2ncccn2)nc1. The summed E-state index contributed by atoms with van der Waals surface area (Å²) in [6.07, 6.45) is 6.31. The van der Waals surface area contributed by atoms with E-state index in [9.17, 15) is 0 Å².